The summed E-state index contributed by atoms with van der Waals surface area (Å²) >= 11 is 0. The van der Waals surface area contributed by atoms with Crippen LogP contribution in [-0.4, -0.2) is 44.5 Å². The van der Waals surface area contributed by atoms with Gasteiger partial charge in [-0.15, -0.1) is 0 Å². The summed E-state index contributed by atoms with van der Waals surface area (Å²) in [7, 11) is 4.01. The molecule has 1 aromatic rings. The van der Waals surface area contributed by atoms with Crippen molar-refractivity contribution in [3.05, 3.63) is 23.3 Å². The van der Waals surface area contributed by atoms with Crippen molar-refractivity contribution in [2.45, 2.75) is 12.8 Å². The van der Waals surface area contributed by atoms with E-state index in [1.165, 1.54) is 0 Å². The standard InChI is InChI=1S/C15H19NO3.ClH/c1-16(2)9-11-4-3-10-7-13-14(19-6-5-18-13)8-12(10)15(11)17;/h7-8,11H,3-6,9H2,1-2H3;1H/p-1. The number of carbonyl (C=O) groups excluding carboxylic acids is 1. The van der Waals surface area contributed by atoms with E-state index in [2.05, 4.69) is 4.90 Å². The Bertz CT molecular complexity index is 516. The molecule has 2 aliphatic rings. The Labute approximate surface area is 125 Å². The number of hydrogen-bond acceptors (Lipinski definition) is 4. The van der Waals surface area contributed by atoms with Gasteiger partial charge in [-0.2, -0.15) is 0 Å². The molecule has 1 heterocycles. The molecule has 0 radical (unpaired) electrons. The van der Waals surface area contributed by atoms with Crippen LogP contribution in [-0.2, 0) is 6.42 Å². The average molecular weight is 297 g/mol. The van der Waals surface area contributed by atoms with Crippen LogP contribution in [0.3, 0.4) is 0 Å². The summed E-state index contributed by atoms with van der Waals surface area (Å²) in [6, 6.07) is 3.85. The fourth-order valence-electron chi connectivity index (χ4n) is 2.86. The molecule has 3 rings (SSSR count). The van der Waals surface area contributed by atoms with Crippen LogP contribution in [0, 0.1) is 5.92 Å². The van der Waals surface area contributed by atoms with Gasteiger partial charge in [0.1, 0.15) is 13.2 Å². The monoisotopic (exact) mass is 296 g/mol. The van der Waals surface area contributed by atoms with E-state index in [-0.39, 0.29) is 24.1 Å². The average Bonchev–Trinajstić information content (AvgIpc) is 2.40. The van der Waals surface area contributed by atoms with E-state index in [0.717, 1.165) is 36.3 Å². The third-order valence-electron chi connectivity index (χ3n) is 3.75. The summed E-state index contributed by atoms with van der Waals surface area (Å²) in [6.07, 6.45) is 1.86. The molecule has 1 aliphatic heterocycles. The number of fused-ring (bicyclic) bond motifs is 2. The summed E-state index contributed by atoms with van der Waals surface area (Å²) in [6.45, 7) is 1.96. The highest BCUT2D eigenvalue weighted by molar-refractivity contribution is 6.01. The Kier molecular flexibility index (Phi) is 4.55. The molecule has 1 atom stereocenters. The third kappa shape index (κ3) is 2.76. The van der Waals surface area contributed by atoms with Gasteiger partial charge in [0.2, 0.25) is 0 Å². The maximum Gasteiger partial charge on any atom is 0.167 e. The van der Waals surface area contributed by atoms with Crippen LogP contribution in [0.1, 0.15) is 22.3 Å². The molecule has 0 spiro atoms. The quantitative estimate of drug-likeness (QED) is 0.685. The number of hydrogen-bond donors (Lipinski definition) is 0. The molecule has 0 N–H and O–H groups in total. The van der Waals surface area contributed by atoms with Crippen molar-refractivity contribution in [1.82, 2.24) is 4.90 Å². The molecular weight excluding hydrogens is 278 g/mol. The Balaban J connectivity index is 0.00000147. The molecule has 20 heavy (non-hydrogen) atoms. The molecule has 0 aromatic heterocycles. The van der Waals surface area contributed by atoms with Gasteiger partial charge in [-0.25, -0.2) is 0 Å². The number of rotatable bonds is 2. The summed E-state index contributed by atoms with van der Waals surface area (Å²) in [5, 5.41) is 0. The van der Waals surface area contributed by atoms with E-state index < -0.39 is 0 Å². The Hall–Kier alpha value is -1.26. The molecule has 4 nitrogen and oxygen atoms in total. The van der Waals surface area contributed by atoms with Gasteiger partial charge in [0, 0.05) is 18.0 Å². The van der Waals surface area contributed by atoms with Crippen molar-refractivity contribution in [3.8, 4) is 11.5 Å². The first kappa shape index (κ1) is 15.1. The van der Waals surface area contributed by atoms with Crippen LogP contribution in [0.5, 0.6) is 11.5 Å². The summed E-state index contributed by atoms with van der Waals surface area (Å²) < 4.78 is 11.1. The minimum Gasteiger partial charge on any atom is -1.00 e. The number of Topliss-reactive ketones (excluding diaryl/α,β-unsaturated/α-hetero) is 1. The smallest absolute Gasteiger partial charge is 0.167 e. The van der Waals surface area contributed by atoms with Crippen LogP contribution in [0.4, 0.5) is 0 Å². The molecule has 1 aromatic carbocycles. The minimum absolute atomic E-state index is 0. The lowest BCUT2D eigenvalue weighted by molar-refractivity contribution is -0.0000127. The van der Waals surface area contributed by atoms with Crippen molar-refractivity contribution in [2.24, 2.45) is 5.92 Å². The van der Waals surface area contributed by atoms with Gasteiger partial charge in [0.15, 0.2) is 17.3 Å². The maximum absolute atomic E-state index is 12.5. The predicted molar refractivity (Wildman–Crippen MR) is 72.1 cm³/mol. The lowest BCUT2D eigenvalue weighted by Crippen LogP contribution is -3.00. The Morgan fingerprint density at radius 2 is 1.85 bits per heavy atom. The van der Waals surface area contributed by atoms with Gasteiger partial charge in [-0.05, 0) is 44.6 Å². The van der Waals surface area contributed by atoms with E-state index in [9.17, 15) is 4.79 Å². The number of halogens is 1. The second kappa shape index (κ2) is 6.02. The highest BCUT2D eigenvalue weighted by Gasteiger charge is 2.29. The van der Waals surface area contributed by atoms with E-state index in [0.29, 0.717) is 19.0 Å². The van der Waals surface area contributed by atoms with E-state index in [4.69, 9.17) is 9.47 Å². The van der Waals surface area contributed by atoms with E-state index >= 15 is 0 Å². The maximum atomic E-state index is 12.5. The van der Waals surface area contributed by atoms with Crippen molar-refractivity contribution in [1.29, 1.82) is 0 Å². The first-order valence-corrected chi connectivity index (χ1v) is 6.76. The van der Waals surface area contributed by atoms with Crippen LogP contribution >= 0.6 is 0 Å². The highest BCUT2D eigenvalue weighted by atomic mass is 35.5. The second-order valence-corrected chi connectivity index (χ2v) is 5.52. The fraction of sp³-hybridized carbons (Fsp3) is 0.533. The second-order valence-electron chi connectivity index (χ2n) is 5.52. The number of aryl methyl sites for hydroxylation is 1. The summed E-state index contributed by atoms with van der Waals surface area (Å²) in [5.41, 5.74) is 1.92. The number of ether oxygens (including phenoxy) is 2. The molecule has 0 bridgehead atoms. The van der Waals surface area contributed by atoms with Crippen molar-refractivity contribution < 1.29 is 26.7 Å². The first-order valence-electron chi connectivity index (χ1n) is 6.76. The molecule has 0 amide bonds. The summed E-state index contributed by atoms with van der Waals surface area (Å²) in [5.74, 6) is 1.84. The Morgan fingerprint density at radius 3 is 2.50 bits per heavy atom. The fourth-order valence-corrected chi connectivity index (χ4v) is 2.86. The molecule has 0 saturated carbocycles. The zero-order valence-electron chi connectivity index (χ0n) is 11.8. The van der Waals surface area contributed by atoms with Gasteiger partial charge in [0.05, 0.1) is 0 Å². The van der Waals surface area contributed by atoms with Crippen LogP contribution in [0.2, 0.25) is 0 Å². The molecular formula is C15H19ClNO3-. The zero-order chi connectivity index (χ0) is 13.4. The van der Waals surface area contributed by atoms with Gasteiger partial charge < -0.3 is 26.8 Å². The normalized spacial score (nSPS) is 20.4. The van der Waals surface area contributed by atoms with Crippen LogP contribution < -0.4 is 21.9 Å². The number of nitrogens with zero attached hydrogens (tertiary/aromatic N) is 1. The molecule has 5 heteroatoms. The van der Waals surface area contributed by atoms with Gasteiger partial charge in [0.25, 0.3) is 0 Å². The minimum atomic E-state index is 0. The SMILES string of the molecule is CN(C)CC1CCc2cc3c(cc2C1=O)OCCO3.[Cl-]. The van der Waals surface area contributed by atoms with Crippen LogP contribution in [0.15, 0.2) is 12.1 Å². The van der Waals surface area contributed by atoms with Crippen LogP contribution in [0.25, 0.3) is 0 Å². The zero-order valence-corrected chi connectivity index (χ0v) is 12.6. The number of ketones is 1. The van der Waals surface area contributed by atoms with E-state index in [1.54, 1.807) is 0 Å². The number of benzene rings is 1. The van der Waals surface area contributed by atoms with Crippen molar-refractivity contribution in [3.63, 3.8) is 0 Å². The highest BCUT2D eigenvalue weighted by Crippen LogP contribution is 2.37. The topological polar surface area (TPSA) is 38.8 Å². The summed E-state index contributed by atoms with van der Waals surface area (Å²) in [4.78, 5) is 14.6. The third-order valence-corrected chi connectivity index (χ3v) is 3.75. The van der Waals surface area contributed by atoms with Gasteiger partial charge in [-0.3, -0.25) is 4.79 Å². The van der Waals surface area contributed by atoms with Crippen molar-refractivity contribution in [2.75, 3.05) is 33.9 Å². The lowest BCUT2D eigenvalue weighted by Gasteiger charge is -2.28. The molecule has 110 valence electrons. The van der Waals surface area contributed by atoms with Gasteiger partial charge in [-0.1, -0.05) is 0 Å². The molecule has 0 saturated heterocycles. The largest absolute Gasteiger partial charge is 1.00 e. The Morgan fingerprint density at radius 1 is 1.20 bits per heavy atom. The van der Waals surface area contributed by atoms with E-state index in [1.807, 2.05) is 26.2 Å². The van der Waals surface area contributed by atoms with Crippen molar-refractivity contribution >= 4 is 5.78 Å². The molecule has 0 fully saturated rings. The lowest BCUT2D eigenvalue weighted by atomic mass is 9.82. The molecule has 1 unspecified atom stereocenters. The van der Waals surface area contributed by atoms with Gasteiger partial charge >= 0.3 is 0 Å². The number of carbonyl (C=O) groups is 1. The first-order chi connectivity index (χ1) is 9.15. The molecule has 1 aliphatic carbocycles. The predicted octanol–water partition coefficient (Wildman–Crippen LogP) is -1.23.